The molecule has 1 heterocycles. The van der Waals surface area contributed by atoms with Gasteiger partial charge in [-0.15, -0.1) is 0 Å². The van der Waals surface area contributed by atoms with Gasteiger partial charge in [-0.05, 0) is 43.4 Å². The van der Waals surface area contributed by atoms with Crippen LogP contribution in [0.25, 0.3) is 0 Å². The summed E-state index contributed by atoms with van der Waals surface area (Å²) < 4.78 is 10.6. The molecule has 0 aromatic heterocycles. The lowest BCUT2D eigenvalue weighted by atomic mass is 10.0. The van der Waals surface area contributed by atoms with Crippen molar-refractivity contribution in [1.82, 2.24) is 10.6 Å². The van der Waals surface area contributed by atoms with Crippen molar-refractivity contribution in [2.24, 2.45) is 5.73 Å². The first kappa shape index (κ1) is 18.0. The highest BCUT2D eigenvalue weighted by Gasteiger charge is 2.39. The van der Waals surface area contributed by atoms with Crippen LogP contribution in [0.3, 0.4) is 0 Å². The van der Waals surface area contributed by atoms with Crippen molar-refractivity contribution in [3.8, 4) is 5.75 Å². The zero-order valence-corrected chi connectivity index (χ0v) is 14.5. The minimum Gasteiger partial charge on any atom is -0.497 e. The Morgan fingerprint density at radius 2 is 2.12 bits per heavy atom. The molecular weight excluding hydrogens is 322 g/mol. The Labute approximate surface area is 147 Å². The van der Waals surface area contributed by atoms with Gasteiger partial charge in [0.2, 0.25) is 0 Å². The molecule has 0 spiro atoms. The Bertz CT molecular complexity index is 588. The van der Waals surface area contributed by atoms with Crippen LogP contribution in [0.15, 0.2) is 24.3 Å². The Morgan fingerprint density at radius 1 is 1.40 bits per heavy atom. The summed E-state index contributed by atoms with van der Waals surface area (Å²) in [5.74, 6) is 0.795. The molecule has 1 amide bonds. The number of hydrogen-bond donors (Lipinski definition) is 4. The number of hydrogen-bond acceptors (Lipinski definition) is 6. The second-order valence-electron chi connectivity index (χ2n) is 7.04. The minimum atomic E-state index is -0.710. The van der Waals surface area contributed by atoms with E-state index in [9.17, 15) is 9.90 Å². The zero-order chi connectivity index (χ0) is 17.9. The van der Waals surface area contributed by atoms with Gasteiger partial charge in [-0.25, -0.2) is 4.79 Å². The molecule has 7 heteroatoms. The number of nitrogens with one attached hydrogen (secondary N) is 2. The number of ether oxygens (including phenoxy) is 2. The maximum atomic E-state index is 12.0. The summed E-state index contributed by atoms with van der Waals surface area (Å²) in [5.41, 5.74) is 6.98. The third-order valence-corrected chi connectivity index (χ3v) is 5.01. The van der Waals surface area contributed by atoms with Crippen LogP contribution in [-0.2, 0) is 11.2 Å². The normalized spacial score (nSPS) is 26.9. The van der Waals surface area contributed by atoms with Crippen LogP contribution in [0.1, 0.15) is 24.8 Å². The number of aliphatic hydroxyl groups excluding tert-OH is 1. The Morgan fingerprint density at radius 3 is 2.76 bits per heavy atom. The summed E-state index contributed by atoms with van der Waals surface area (Å²) >= 11 is 0. The van der Waals surface area contributed by atoms with Crippen LogP contribution in [0.5, 0.6) is 5.75 Å². The fourth-order valence-corrected chi connectivity index (χ4v) is 3.13. The number of methoxy groups -OCH3 is 1. The van der Waals surface area contributed by atoms with E-state index in [1.54, 1.807) is 7.11 Å². The molecule has 0 radical (unpaired) electrons. The molecule has 2 fully saturated rings. The van der Waals surface area contributed by atoms with Crippen molar-refractivity contribution in [3.05, 3.63) is 29.8 Å². The molecule has 138 valence electrons. The Kier molecular flexibility index (Phi) is 5.46. The predicted molar refractivity (Wildman–Crippen MR) is 93.5 cm³/mol. The van der Waals surface area contributed by atoms with Crippen molar-refractivity contribution in [1.29, 1.82) is 0 Å². The van der Waals surface area contributed by atoms with Crippen molar-refractivity contribution in [2.75, 3.05) is 20.2 Å². The highest BCUT2D eigenvalue weighted by atomic mass is 16.6. The number of carbonyl (C=O) groups is 1. The van der Waals surface area contributed by atoms with Gasteiger partial charge >= 0.3 is 6.09 Å². The van der Waals surface area contributed by atoms with Gasteiger partial charge in [0.1, 0.15) is 18.0 Å². The molecule has 7 nitrogen and oxygen atoms in total. The van der Waals surface area contributed by atoms with Gasteiger partial charge in [-0.2, -0.15) is 0 Å². The Hall–Kier alpha value is -1.83. The van der Waals surface area contributed by atoms with Crippen molar-refractivity contribution >= 4 is 6.09 Å². The van der Waals surface area contributed by atoms with Gasteiger partial charge in [-0.3, -0.25) is 0 Å². The molecule has 1 saturated heterocycles. The van der Waals surface area contributed by atoms with Crippen LogP contribution in [-0.4, -0.2) is 55.2 Å². The van der Waals surface area contributed by atoms with Crippen LogP contribution >= 0.6 is 0 Å². The fourth-order valence-electron chi connectivity index (χ4n) is 3.13. The second-order valence-corrected chi connectivity index (χ2v) is 7.04. The average Bonchev–Trinajstić information content (AvgIpc) is 3.25. The maximum Gasteiger partial charge on any atom is 0.407 e. The predicted octanol–water partition coefficient (Wildman–Crippen LogP) is 0.547. The third-order valence-electron chi connectivity index (χ3n) is 5.01. The average molecular weight is 349 g/mol. The van der Waals surface area contributed by atoms with Gasteiger partial charge < -0.3 is 30.9 Å². The fraction of sp³-hybridized carbons (Fsp3) is 0.611. The summed E-state index contributed by atoms with van der Waals surface area (Å²) in [6, 6.07) is 7.60. The van der Waals surface area contributed by atoms with E-state index in [2.05, 4.69) is 10.6 Å². The molecule has 0 bridgehead atoms. The molecule has 1 aliphatic heterocycles. The van der Waals surface area contributed by atoms with Gasteiger partial charge in [0.05, 0.1) is 13.2 Å². The van der Waals surface area contributed by atoms with Crippen molar-refractivity contribution in [2.45, 2.75) is 49.5 Å². The minimum absolute atomic E-state index is 0.0986. The molecule has 3 rings (SSSR count). The number of nitrogens with two attached hydrogens (primary N) is 1. The first-order valence-electron chi connectivity index (χ1n) is 8.77. The summed E-state index contributed by atoms with van der Waals surface area (Å²) in [6.45, 7) is 0.902. The monoisotopic (exact) mass is 349 g/mol. The van der Waals surface area contributed by atoms with Gasteiger partial charge in [0.25, 0.3) is 0 Å². The number of amides is 1. The Balaban J connectivity index is 1.49. The lowest BCUT2D eigenvalue weighted by Crippen LogP contribution is -2.42. The highest BCUT2D eigenvalue weighted by Crippen LogP contribution is 2.34. The van der Waals surface area contributed by atoms with Gasteiger partial charge in [-0.1, -0.05) is 12.1 Å². The number of benzene rings is 1. The maximum absolute atomic E-state index is 12.0. The zero-order valence-electron chi connectivity index (χ0n) is 14.5. The lowest BCUT2D eigenvalue weighted by molar-refractivity contribution is 0.0189. The number of alkyl carbamates (subject to hydrolysis) is 1. The first-order chi connectivity index (χ1) is 12.0. The molecule has 1 aromatic carbocycles. The standard InChI is InChI=1S/C18H27N3O4/c1-24-13-4-2-12(3-5-13)10-14-16(15(22)11-21-14)25-17(23)20-9-8-18(19)6-7-18/h2-5,14-16,21-22H,6-11,19H2,1H3,(H,20,23)/t14-,15+,16+/m1/s1. The largest absolute Gasteiger partial charge is 0.497 e. The van der Waals surface area contributed by atoms with E-state index in [4.69, 9.17) is 15.2 Å². The smallest absolute Gasteiger partial charge is 0.407 e. The van der Waals surface area contributed by atoms with Crippen molar-refractivity contribution in [3.63, 3.8) is 0 Å². The first-order valence-corrected chi connectivity index (χ1v) is 8.77. The van der Waals surface area contributed by atoms with E-state index in [0.29, 0.717) is 19.5 Å². The molecule has 5 N–H and O–H groups in total. The summed E-state index contributed by atoms with van der Waals surface area (Å²) in [4.78, 5) is 12.0. The molecule has 1 aromatic rings. The quantitative estimate of drug-likeness (QED) is 0.573. The van der Waals surface area contributed by atoms with E-state index in [0.717, 1.165) is 30.6 Å². The van der Waals surface area contributed by atoms with Crippen LogP contribution in [0.4, 0.5) is 4.79 Å². The van der Waals surface area contributed by atoms with Crippen molar-refractivity contribution < 1.29 is 19.4 Å². The molecular formula is C18H27N3O4. The SMILES string of the molecule is COc1ccc(C[C@H]2NC[C@H](O)[C@H]2OC(=O)NCCC2(N)CC2)cc1. The molecule has 3 atom stereocenters. The molecule has 1 saturated carbocycles. The van der Waals surface area contributed by atoms with Crippen LogP contribution < -0.4 is 21.1 Å². The number of carbonyl (C=O) groups excluding carboxylic acids is 1. The van der Waals surface area contributed by atoms with E-state index < -0.39 is 18.3 Å². The lowest BCUT2D eigenvalue weighted by Gasteiger charge is -2.22. The van der Waals surface area contributed by atoms with Crippen LogP contribution in [0, 0.1) is 0 Å². The number of rotatable bonds is 7. The van der Waals surface area contributed by atoms with E-state index in [1.165, 1.54) is 0 Å². The molecule has 25 heavy (non-hydrogen) atoms. The van der Waals surface area contributed by atoms with Gasteiger partial charge in [0.15, 0.2) is 0 Å². The van der Waals surface area contributed by atoms with Gasteiger partial charge in [0, 0.05) is 18.6 Å². The van der Waals surface area contributed by atoms with E-state index in [-0.39, 0.29) is 11.6 Å². The van der Waals surface area contributed by atoms with E-state index >= 15 is 0 Å². The highest BCUT2D eigenvalue weighted by molar-refractivity contribution is 5.67. The molecule has 0 unspecified atom stereocenters. The summed E-state index contributed by atoms with van der Waals surface area (Å²) in [5, 5.41) is 16.1. The number of β-amino-alcohol motifs (C(OH)–C–C–N with tert-alkyl or cyclic N) is 1. The third kappa shape index (κ3) is 4.84. The molecule has 2 aliphatic rings. The summed E-state index contributed by atoms with van der Waals surface area (Å²) in [6.07, 6.45) is 1.65. The number of aliphatic hydroxyl groups is 1. The molecule has 1 aliphatic carbocycles. The van der Waals surface area contributed by atoms with Crippen LogP contribution in [0.2, 0.25) is 0 Å². The topological polar surface area (TPSA) is 106 Å². The van der Waals surface area contributed by atoms with E-state index in [1.807, 2.05) is 24.3 Å². The second kappa shape index (κ2) is 7.59. The summed E-state index contributed by atoms with van der Waals surface area (Å²) in [7, 11) is 1.63.